The van der Waals surface area contributed by atoms with Gasteiger partial charge in [0, 0.05) is 12.7 Å². The lowest BCUT2D eigenvalue weighted by Gasteiger charge is -1.95. The molecule has 3 nitrogen and oxygen atoms in total. The van der Waals surface area contributed by atoms with E-state index in [1.165, 1.54) is 12.8 Å². The zero-order chi connectivity index (χ0) is 7.84. The van der Waals surface area contributed by atoms with E-state index in [4.69, 9.17) is 5.73 Å². The zero-order valence-corrected chi connectivity index (χ0v) is 6.75. The summed E-state index contributed by atoms with van der Waals surface area (Å²) in [5, 5.41) is 4.28. The molecule has 3 heteroatoms. The van der Waals surface area contributed by atoms with Crippen molar-refractivity contribution in [2.75, 3.05) is 5.73 Å². The van der Waals surface area contributed by atoms with Crippen molar-refractivity contribution in [1.82, 2.24) is 9.78 Å². The third kappa shape index (κ3) is 1.37. The molecule has 0 saturated heterocycles. The van der Waals surface area contributed by atoms with Crippen molar-refractivity contribution in [3.8, 4) is 0 Å². The summed E-state index contributed by atoms with van der Waals surface area (Å²) in [6, 6.07) is 0. The zero-order valence-electron chi connectivity index (χ0n) is 6.75. The van der Waals surface area contributed by atoms with Gasteiger partial charge in [0.2, 0.25) is 0 Å². The molecule has 1 saturated carbocycles. The lowest BCUT2D eigenvalue weighted by Crippen LogP contribution is -1.99. The van der Waals surface area contributed by atoms with Crippen LogP contribution in [0.15, 0.2) is 6.20 Å². The number of aromatic nitrogens is 2. The summed E-state index contributed by atoms with van der Waals surface area (Å²) in [6.45, 7) is 3.00. The molecule has 0 bridgehead atoms. The van der Waals surface area contributed by atoms with Crippen LogP contribution >= 0.6 is 0 Å². The molecule has 60 valence electrons. The Morgan fingerprint density at radius 3 is 2.91 bits per heavy atom. The van der Waals surface area contributed by atoms with E-state index in [9.17, 15) is 0 Å². The van der Waals surface area contributed by atoms with Gasteiger partial charge in [0.1, 0.15) is 0 Å². The number of nitrogens with two attached hydrogens (primary N) is 1. The number of anilines is 1. The fourth-order valence-electron chi connectivity index (χ4n) is 1.19. The van der Waals surface area contributed by atoms with Gasteiger partial charge < -0.3 is 5.73 Å². The molecule has 0 radical (unpaired) electrons. The van der Waals surface area contributed by atoms with Crippen LogP contribution in [0.25, 0.3) is 0 Å². The highest BCUT2D eigenvalue weighted by molar-refractivity contribution is 5.39. The van der Waals surface area contributed by atoms with Gasteiger partial charge in [-0.15, -0.1) is 0 Å². The lowest BCUT2D eigenvalue weighted by atomic mass is 10.4. The molecule has 1 aliphatic rings. The van der Waals surface area contributed by atoms with Crippen LogP contribution in [0, 0.1) is 12.8 Å². The molecule has 1 heterocycles. The Kier molecular flexibility index (Phi) is 1.37. The van der Waals surface area contributed by atoms with Crippen LogP contribution in [0.2, 0.25) is 0 Å². The van der Waals surface area contributed by atoms with Gasteiger partial charge in [0.05, 0.1) is 11.4 Å². The molecular formula is C8H13N3. The van der Waals surface area contributed by atoms with Crippen molar-refractivity contribution in [2.24, 2.45) is 5.92 Å². The number of aryl methyl sites for hydroxylation is 1. The first-order valence-corrected chi connectivity index (χ1v) is 4.05. The average Bonchev–Trinajstić information content (AvgIpc) is 2.65. The SMILES string of the molecule is Cc1nn(CC2CC2)cc1N. The highest BCUT2D eigenvalue weighted by Crippen LogP contribution is 2.30. The van der Waals surface area contributed by atoms with Crippen LogP contribution in [0.4, 0.5) is 5.69 Å². The molecular weight excluding hydrogens is 138 g/mol. The Labute approximate surface area is 66.2 Å². The molecule has 0 unspecified atom stereocenters. The van der Waals surface area contributed by atoms with Gasteiger partial charge >= 0.3 is 0 Å². The van der Waals surface area contributed by atoms with E-state index in [2.05, 4.69) is 5.10 Å². The highest BCUT2D eigenvalue weighted by Gasteiger charge is 2.22. The van der Waals surface area contributed by atoms with Crippen molar-refractivity contribution in [3.05, 3.63) is 11.9 Å². The average molecular weight is 151 g/mol. The molecule has 2 rings (SSSR count). The predicted molar refractivity (Wildman–Crippen MR) is 44.1 cm³/mol. The summed E-state index contributed by atoms with van der Waals surface area (Å²) in [5.74, 6) is 0.869. The van der Waals surface area contributed by atoms with Crippen molar-refractivity contribution in [3.63, 3.8) is 0 Å². The quantitative estimate of drug-likeness (QED) is 0.689. The molecule has 0 atom stereocenters. The maximum absolute atomic E-state index is 5.65. The summed E-state index contributed by atoms with van der Waals surface area (Å²) >= 11 is 0. The standard InChI is InChI=1S/C8H13N3/c1-6-8(9)5-11(10-6)4-7-2-3-7/h5,7H,2-4,9H2,1H3. The van der Waals surface area contributed by atoms with Gasteiger partial charge in [-0.25, -0.2) is 0 Å². The van der Waals surface area contributed by atoms with Gasteiger partial charge in [-0.3, -0.25) is 4.68 Å². The van der Waals surface area contributed by atoms with E-state index < -0.39 is 0 Å². The monoisotopic (exact) mass is 151 g/mol. The Hall–Kier alpha value is -0.990. The summed E-state index contributed by atoms with van der Waals surface area (Å²) in [7, 11) is 0. The third-order valence-corrected chi connectivity index (χ3v) is 2.13. The van der Waals surface area contributed by atoms with Crippen molar-refractivity contribution < 1.29 is 0 Å². The second-order valence-corrected chi connectivity index (χ2v) is 3.34. The molecule has 2 N–H and O–H groups in total. The van der Waals surface area contributed by atoms with Crippen molar-refractivity contribution >= 4 is 5.69 Å². The van der Waals surface area contributed by atoms with Crippen LogP contribution in [-0.4, -0.2) is 9.78 Å². The number of hydrogen-bond acceptors (Lipinski definition) is 2. The van der Waals surface area contributed by atoms with E-state index in [1.54, 1.807) is 0 Å². The first-order valence-electron chi connectivity index (χ1n) is 4.05. The number of nitrogen functional groups attached to an aromatic ring is 1. The Balaban J connectivity index is 2.11. The lowest BCUT2D eigenvalue weighted by molar-refractivity contribution is 0.560. The second-order valence-electron chi connectivity index (χ2n) is 3.34. The largest absolute Gasteiger partial charge is 0.396 e. The first-order chi connectivity index (χ1) is 5.25. The summed E-state index contributed by atoms with van der Waals surface area (Å²) in [5.41, 5.74) is 7.41. The van der Waals surface area contributed by atoms with E-state index in [-0.39, 0.29) is 0 Å². The molecule has 0 amide bonds. The maximum Gasteiger partial charge on any atom is 0.0822 e. The van der Waals surface area contributed by atoms with Crippen LogP contribution < -0.4 is 5.73 Å². The van der Waals surface area contributed by atoms with E-state index in [1.807, 2.05) is 17.8 Å². The molecule has 0 aromatic carbocycles. The minimum atomic E-state index is 0.811. The van der Waals surface area contributed by atoms with Crippen LogP contribution in [-0.2, 0) is 6.54 Å². The molecule has 0 aliphatic heterocycles. The molecule has 11 heavy (non-hydrogen) atoms. The topological polar surface area (TPSA) is 43.8 Å². The molecule has 0 spiro atoms. The van der Waals surface area contributed by atoms with Gasteiger partial charge in [-0.05, 0) is 25.7 Å². The fraction of sp³-hybridized carbons (Fsp3) is 0.625. The van der Waals surface area contributed by atoms with E-state index >= 15 is 0 Å². The van der Waals surface area contributed by atoms with Gasteiger partial charge in [-0.1, -0.05) is 0 Å². The molecule has 1 aromatic rings. The Morgan fingerprint density at radius 1 is 1.73 bits per heavy atom. The van der Waals surface area contributed by atoms with Gasteiger partial charge in [0.15, 0.2) is 0 Å². The fourth-order valence-corrected chi connectivity index (χ4v) is 1.19. The van der Waals surface area contributed by atoms with Crippen LogP contribution in [0.3, 0.4) is 0 Å². The minimum Gasteiger partial charge on any atom is -0.396 e. The van der Waals surface area contributed by atoms with Crippen LogP contribution in [0.5, 0.6) is 0 Å². The summed E-state index contributed by atoms with van der Waals surface area (Å²) < 4.78 is 1.96. The molecule has 1 aliphatic carbocycles. The van der Waals surface area contributed by atoms with E-state index in [0.717, 1.165) is 23.8 Å². The summed E-state index contributed by atoms with van der Waals surface area (Å²) in [4.78, 5) is 0. The molecule has 1 aromatic heterocycles. The number of nitrogens with zero attached hydrogens (tertiary/aromatic N) is 2. The Morgan fingerprint density at radius 2 is 2.45 bits per heavy atom. The van der Waals surface area contributed by atoms with E-state index in [0.29, 0.717) is 0 Å². The molecule has 1 fully saturated rings. The van der Waals surface area contributed by atoms with Crippen LogP contribution in [0.1, 0.15) is 18.5 Å². The third-order valence-electron chi connectivity index (χ3n) is 2.13. The van der Waals surface area contributed by atoms with Crippen molar-refractivity contribution in [2.45, 2.75) is 26.3 Å². The van der Waals surface area contributed by atoms with Gasteiger partial charge in [0.25, 0.3) is 0 Å². The first kappa shape index (κ1) is 6.70. The number of hydrogen-bond donors (Lipinski definition) is 1. The van der Waals surface area contributed by atoms with Crippen molar-refractivity contribution in [1.29, 1.82) is 0 Å². The predicted octanol–water partition coefficient (Wildman–Crippen LogP) is 1.18. The Bertz CT molecular complexity index is 241. The normalized spacial score (nSPS) is 17.2. The smallest absolute Gasteiger partial charge is 0.0822 e. The maximum atomic E-state index is 5.65. The second kappa shape index (κ2) is 2.26. The minimum absolute atomic E-state index is 0.811. The highest BCUT2D eigenvalue weighted by atomic mass is 15.3. The summed E-state index contributed by atoms with van der Waals surface area (Å²) in [6.07, 6.45) is 4.64. The number of rotatable bonds is 2. The van der Waals surface area contributed by atoms with Gasteiger partial charge in [-0.2, -0.15) is 5.10 Å².